The standard InChI is InChI=1S/C17H23N3O2.ClH/c1-2-11-19-15(21)13-5-7-14(8-6-13)20-16(22)17(12-18)9-3-4-10-17;/h2,5-8H,1,3-4,9-12,18H2,(H,19,21)(H,20,22);1H. The Kier molecular flexibility index (Phi) is 7.26. The maximum atomic E-state index is 12.4. The van der Waals surface area contributed by atoms with Crippen LogP contribution in [0.2, 0.25) is 0 Å². The van der Waals surface area contributed by atoms with E-state index in [0.717, 1.165) is 25.7 Å². The van der Waals surface area contributed by atoms with Crippen LogP contribution < -0.4 is 16.4 Å². The summed E-state index contributed by atoms with van der Waals surface area (Å²) in [6.45, 7) is 4.36. The Morgan fingerprint density at radius 2 is 1.83 bits per heavy atom. The lowest BCUT2D eigenvalue weighted by Gasteiger charge is -2.25. The molecule has 1 aromatic carbocycles. The van der Waals surface area contributed by atoms with Crippen LogP contribution in [-0.2, 0) is 4.79 Å². The summed E-state index contributed by atoms with van der Waals surface area (Å²) >= 11 is 0. The van der Waals surface area contributed by atoms with E-state index in [9.17, 15) is 9.59 Å². The Morgan fingerprint density at radius 1 is 1.22 bits per heavy atom. The van der Waals surface area contributed by atoms with E-state index in [1.807, 2.05) is 0 Å². The fourth-order valence-electron chi connectivity index (χ4n) is 2.81. The molecular weight excluding hydrogens is 314 g/mol. The van der Waals surface area contributed by atoms with Crippen LogP contribution in [-0.4, -0.2) is 24.9 Å². The first-order chi connectivity index (χ1) is 10.6. The highest BCUT2D eigenvalue weighted by Crippen LogP contribution is 2.38. The highest BCUT2D eigenvalue weighted by Gasteiger charge is 2.39. The molecule has 1 saturated carbocycles. The predicted molar refractivity (Wildman–Crippen MR) is 94.8 cm³/mol. The average Bonchev–Trinajstić information content (AvgIpc) is 3.03. The number of nitrogens with two attached hydrogens (primary N) is 1. The zero-order valence-corrected chi connectivity index (χ0v) is 14.0. The van der Waals surface area contributed by atoms with Crippen molar-refractivity contribution in [2.24, 2.45) is 11.1 Å². The molecule has 23 heavy (non-hydrogen) atoms. The molecule has 0 bridgehead atoms. The van der Waals surface area contributed by atoms with E-state index in [-0.39, 0.29) is 24.2 Å². The third-order valence-corrected chi connectivity index (χ3v) is 4.24. The van der Waals surface area contributed by atoms with Gasteiger partial charge >= 0.3 is 0 Å². The fourth-order valence-corrected chi connectivity index (χ4v) is 2.81. The Labute approximate surface area is 143 Å². The van der Waals surface area contributed by atoms with Crippen molar-refractivity contribution in [3.8, 4) is 0 Å². The highest BCUT2D eigenvalue weighted by molar-refractivity contribution is 5.97. The van der Waals surface area contributed by atoms with Gasteiger partial charge in [0.15, 0.2) is 0 Å². The molecule has 0 atom stereocenters. The van der Waals surface area contributed by atoms with E-state index < -0.39 is 5.41 Å². The predicted octanol–water partition coefficient (Wildman–Crippen LogP) is 2.48. The van der Waals surface area contributed by atoms with Crippen molar-refractivity contribution in [2.75, 3.05) is 18.4 Å². The zero-order chi connectivity index (χ0) is 16.0. The third kappa shape index (κ3) is 4.56. The Balaban J connectivity index is 0.00000264. The van der Waals surface area contributed by atoms with E-state index in [2.05, 4.69) is 17.2 Å². The lowest BCUT2D eigenvalue weighted by Crippen LogP contribution is -2.40. The second kappa shape index (κ2) is 8.70. The van der Waals surface area contributed by atoms with Crippen LogP contribution in [0.15, 0.2) is 36.9 Å². The smallest absolute Gasteiger partial charge is 0.251 e. The molecule has 1 fully saturated rings. The molecule has 0 spiro atoms. The molecule has 1 aromatic rings. The van der Waals surface area contributed by atoms with Crippen molar-refractivity contribution in [2.45, 2.75) is 25.7 Å². The monoisotopic (exact) mass is 337 g/mol. The van der Waals surface area contributed by atoms with Crippen LogP contribution in [0, 0.1) is 5.41 Å². The van der Waals surface area contributed by atoms with Crippen molar-refractivity contribution in [1.82, 2.24) is 5.32 Å². The van der Waals surface area contributed by atoms with Crippen molar-refractivity contribution < 1.29 is 9.59 Å². The van der Waals surface area contributed by atoms with Crippen molar-refractivity contribution >= 4 is 29.9 Å². The van der Waals surface area contributed by atoms with Crippen LogP contribution in [0.4, 0.5) is 5.69 Å². The molecule has 0 radical (unpaired) electrons. The molecular formula is C17H24ClN3O2. The number of halogens is 1. The van der Waals surface area contributed by atoms with Gasteiger partial charge in [-0.2, -0.15) is 0 Å². The second-order valence-corrected chi connectivity index (χ2v) is 5.72. The van der Waals surface area contributed by atoms with Gasteiger partial charge in [0.2, 0.25) is 5.91 Å². The van der Waals surface area contributed by atoms with Gasteiger partial charge in [-0.25, -0.2) is 0 Å². The summed E-state index contributed by atoms with van der Waals surface area (Å²) < 4.78 is 0. The normalized spacial score (nSPS) is 15.3. The summed E-state index contributed by atoms with van der Waals surface area (Å²) in [4.78, 5) is 24.2. The Bertz CT molecular complexity index is 551. The highest BCUT2D eigenvalue weighted by atomic mass is 35.5. The molecule has 1 aliphatic rings. The first-order valence-corrected chi connectivity index (χ1v) is 7.62. The number of amides is 2. The van der Waals surface area contributed by atoms with Gasteiger partial charge in [0.1, 0.15) is 0 Å². The van der Waals surface area contributed by atoms with E-state index in [1.54, 1.807) is 30.3 Å². The summed E-state index contributed by atoms with van der Waals surface area (Å²) in [6, 6.07) is 6.86. The van der Waals surface area contributed by atoms with Crippen LogP contribution >= 0.6 is 12.4 Å². The first-order valence-electron chi connectivity index (χ1n) is 7.62. The molecule has 4 N–H and O–H groups in total. The van der Waals surface area contributed by atoms with E-state index in [0.29, 0.717) is 24.3 Å². The maximum absolute atomic E-state index is 12.4. The summed E-state index contributed by atoms with van der Waals surface area (Å²) in [6.07, 6.45) is 5.41. The zero-order valence-electron chi connectivity index (χ0n) is 13.1. The molecule has 0 unspecified atom stereocenters. The molecule has 5 nitrogen and oxygen atoms in total. The molecule has 0 aromatic heterocycles. The van der Waals surface area contributed by atoms with Crippen LogP contribution in [0.1, 0.15) is 36.0 Å². The molecule has 2 rings (SSSR count). The minimum absolute atomic E-state index is 0. The Morgan fingerprint density at radius 3 is 2.35 bits per heavy atom. The second-order valence-electron chi connectivity index (χ2n) is 5.72. The third-order valence-electron chi connectivity index (χ3n) is 4.24. The Hall–Kier alpha value is -1.85. The molecule has 0 saturated heterocycles. The number of benzene rings is 1. The van der Waals surface area contributed by atoms with Crippen molar-refractivity contribution in [3.63, 3.8) is 0 Å². The van der Waals surface area contributed by atoms with Crippen LogP contribution in [0.25, 0.3) is 0 Å². The van der Waals surface area contributed by atoms with Crippen molar-refractivity contribution in [1.29, 1.82) is 0 Å². The number of anilines is 1. The van der Waals surface area contributed by atoms with Gasteiger partial charge < -0.3 is 16.4 Å². The molecule has 2 amide bonds. The van der Waals surface area contributed by atoms with E-state index >= 15 is 0 Å². The van der Waals surface area contributed by atoms with Gasteiger partial charge in [-0.3, -0.25) is 9.59 Å². The number of hydrogen-bond donors (Lipinski definition) is 3. The minimum atomic E-state index is -0.431. The van der Waals surface area contributed by atoms with Gasteiger partial charge in [-0.05, 0) is 37.1 Å². The lowest BCUT2D eigenvalue weighted by atomic mass is 9.85. The van der Waals surface area contributed by atoms with Gasteiger partial charge in [-0.15, -0.1) is 19.0 Å². The summed E-state index contributed by atoms with van der Waals surface area (Å²) in [5.74, 6) is -0.177. The lowest BCUT2D eigenvalue weighted by molar-refractivity contribution is -0.124. The van der Waals surface area contributed by atoms with Crippen molar-refractivity contribution in [3.05, 3.63) is 42.5 Å². The molecule has 126 valence electrons. The number of hydrogen-bond acceptors (Lipinski definition) is 3. The average molecular weight is 338 g/mol. The molecule has 0 heterocycles. The summed E-state index contributed by atoms with van der Waals surface area (Å²) in [5.41, 5.74) is 6.62. The van der Waals surface area contributed by atoms with Gasteiger partial charge in [0.05, 0.1) is 5.41 Å². The first kappa shape index (κ1) is 19.2. The quantitative estimate of drug-likeness (QED) is 0.697. The van der Waals surface area contributed by atoms with Crippen LogP contribution in [0.5, 0.6) is 0 Å². The largest absolute Gasteiger partial charge is 0.349 e. The number of carbonyl (C=O) groups excluding carboxylic acids is 2. The van der Waals surface area contributed by atoms with E-state index in [4.69, 9.17) is 5.73 Å². The topological polar surface area (TPSA) is 84.2 Å². The summed E-state index contributed by atoms with van der Waals surface area (Å²) in [7, 11) is 0. The maximum Gasteiger partial charge on any atom is 0.251 e. The number of nitrogens with one attached hydrogen (secondary N) is 2. The number of carbonyl (C=O) groups is 2. The molecule has 6 heteroatoms. The minimum Gasteiger partial charge on any atom is -0.349 e. The van der Waals surface area contributed by atoms with Gasteiger partial charge in [-0.1, -0.05) is 18.9 Å². The SMILES string of the molecule is C=CCNC(=O)c1ccc(NC(=O)C2(CN)CCCC2)cc1.Cl. The fraction of sp³-hybridized carbons (Fsp3) is 0.412. The molecule has 1 aliphatic carbocycles. The summed E-state index contributed by atoms with van der Waals surface area (Å²) in [5, 5.41) is 5.63. The van der Waals surface area contributed by atoms with Crippen LogP contribution in [0.3, 0.4) is 0 Å². The van der Waals surface area contributed by atoms with Gasteiger partial charge in [0.25, 0.3) is 5.91 Å². The number of rotatable bonds is 6. The molecule has 0 aliphatic heterocycles. The van der Waals surface area contributed by atoms with E-state index in [1.165, 1.54) is 0 Å². The van der Waals surface area contributed by atoms with Gasteiger partial charge in [0, 0.05) is 24.3 Å².